The number of carbonyl (C=O) groups excluding carboxylic acids is 1. The van der Waals surface area contributed by atoms with Gasteiger partial charge in [0.2, 0.25) is 0 Å². The minimum absolute atomic E-state index is 0.128. The molecule has 0 aliphatic heterocycles. The van der Waals surface area contributed by atoms with Gasteiger partial charge in [0, 0.05) is 19.3 Å². The van der Waals surface area contributed by atoms with Crippen LogP contribution in [0.5, 0.6) is 0 Å². The maximum absolute atomic E-state index is 12.2. The third kappa shape index (κ3) is 3.57. The normalized spacial score (nSPS) is 11.7. The quantitative estimate of drug-likeness (QED) is 0.800. The Morgan fingerprint density at radius 2 is 2.06 bits per heavy atom. The summed E-state index contributed by atoms with van der Waals surface area (Å²) in [5.74, 6) is -0.128. The molecule has 0 unspecified atom stereocenters. The van der Waals surface area contributed by atoms with E-state index < -0.39 is 6.10 Å². The number of carbonyl (C=O) groups is 1. The van der Waals surface area contributed by atoms with Crippen LogP contribution in [-0.4, -0.2) is 25.7 Å². The number of ether oxygens (including phenoxy) is 1. The lowest BCUT2D eigenvalue weighted by Crippen LogP contribution is -2.39. The summed E-state index contributed by atoms with van der Waals surface area (Å²) in [5.41, 5.74) is 1.93. The van der Waals surface area contributed by atoms with Gasteiger partial charge in [-0.3, -0.25) is 4.79 Å². The molecule has 0 radical (unpaired) electrons. The Hall–Kier alpha value is -1.86. The Labute approximate surface area is 108 Å². The van der Waals surface area contributed by atoms with Crippen molar-refractivity contribution >= 4 is 11.6 Å². The second-order valence-electron chi connectivity index (χ2n) is 4.11. The van der Waals surface area contributed by atoms with Crippen molar-refractivity contribution < 1.29 is 9.53 Å². The zero-order valence-electron chi connectivity index (χ0n) is 11.0. The molecular formula is C14H18N2O2. The summed E-state index contributed by atoms with van der Waals surface area (Å²) in [4.78, 5) is 13.8. The fraction of sp³-hybridized carbons (Fsp3) is 0.429. The Kier molecular flexibility index (Phi) is 5.34. The summed E-state index contributed by atoms with van der Waals surface area (Å²) >= 11 is 0. The monoisotopic (exact) mass is 246 g/mol. The molecule has 0 N–H and O–H groups in total. The topological polar surface area (TPSA) is 53.3 Å². The molecule has 0 fully saturated rings. The predicted octanol–water partition coefficient (Wildman–Crippen LogP) is 2.28. The number of amides is 1. The molecule has 0 saturated heterocycles. The first-order valence-electron chi connectivity index (χ1n) is 5.88. The Morgan fingerprint density at radius 1 is 1.44 bits per heavy atom. The molecule has 1 amide bonds. The van der Waals surface area contributed by atoms with E-state index in [1.807, 2.05) is 31.2 Å². The zero-order chi connectivity index (χ0) is 13.5. The first-order valence-corrected chi connectivity index (χ1v) is 5.88. The number of anilines is 1. The summed E-state index contributed by atoms with van der Waals surface area (Å²) in [6.45, 7) is 4.07. The minimum atomic E-state index is -0.509. The first kappa shape index (κ1) is 14.2. The van der Waals surface area contributed by atoms with Crippen molar-refractivity contribution in [2.45, 2.75) is 26.4 Å². The van der Waals surface area contributed by atoms with Crippen LogP contribution in [0.15, 0.2) is 24.3 Å². The first-order chi connectivity index (χ1) is 8.60. The summed E-state index contributed by atoms with van der Waals surface area (Å²) in [6.07, 6.45) is -0.208. The van der Waals surface area contributed by atoms with E-state index in [4.69, 9.17) is 10.00 Å². The standard InChI is InChI=1S/C14H18N2O2/c1-11-5-7-13(8-6-11)16(10-4-9-15)14(17)12(2)18-3/h5-8,12H,4,10H2,1-3H3/t12-/m0/s1. The highest BCUT2D eigenvalue weighted by Crippen LogP contribution is 2.17. The lowest BCUT2D eigenvalue weighted by molar-refractivity contribution is -0.127. The third-order valence-electron chi connectivity index (χ3n) is 2.76. The van der Waals surface area contributed by atoms with Gasteiger partial charge in [-0.15, -0.1) is 0 Å². The van der Waals surface area contributed by atoms with Crippen molar-refractivity contribution in [3.8, 4) is 6.07 Å². The third-order valence-corrected chi connectivity index (χ3v) is 2.76. The van der Waals surface area contributed by atoms with Crippen LogP contribution < -0.4 is 4.90 Å². The van der Waals surface area contributed by atoms with Crippen molar-refractivity contribution in [2.75, 3.05) is 18.6 Å². The van der Waals surface area contributed by atoms with E-state index >= 15 is 0 Å². The van der Waals surface area contributed by atoms with Gasteiger partial charge in [0.15, 0.2) is 0 Å². The van der Waals surface area contributed by atoms with Gasteiger partial charge >= 0.3 is 0 Å². The molecule has 4 heteroatoms. The zero-order valence-corrected chi connectivity index (χ0v) is 11.0. The van der Waals surface area contributed by atoms with Crippen LogP contribution in [0, 0.1) is 18.3 Å². The van der Waals surface area contributed by atoms with Gasteiger partial charge in [-0.2, -0.15) is 5.26 Å². The van der Waals surface area contributed by atoms with Crippen molar-refractivity contribution in [3.63, 3.8) is 0 Å². The molecule has 1 atom stereocenters. The Balaban J connectivity index is 2.94. The molecule has 96 valence electrons. The highest BCUT2D eigenvalue weighted by Gasteiger charge is 2.21. The van der Waals surface area contributed by atoms with E-state index in [2.05, 4.69) is 6.07 Å². The highest BCUT2D eigenvalue weighted by atomic mass is 16.5. The molecule has 0 aliphatic rings. The number of benzene rings is 1. The number of aryl methyl sites for hydroxylation is 1. The van der Waals surface area contributed by atoms with E-state index in [0.717, 1.165) is 11.3 Å². The summed E-state index contributed by atoms with van der Waals surface area (Å²) in [7, 11) is 1.50. The lowest BCUT2D eigenvalue weighted by Gasteiger charge is -2.24. The van der Waals surface area contributed by atoms with Crippen LogP contribution in [0.4, 0.5) is 5.69 Å². The molecular weight excluding hydrogens is 228 g/mol. The van der Waals surface area contributed by atoms with Gasteiger partial charge in [0.25, 0.3) is 5.91 Å². The van der Waals surface area contributed by atoms with Crippen LogP contribution >= 0.6 is 0 Å². The maximum atomic E-state index is 12.2. The van der Waals surface area contributed by atoms with Gasteiger partial charge in [0.05, 0.1) is 12.5 Å². The molecule has 18 heavy (non-hydrogen) atoms. The average Bonchev–Trinajstić information content (AvgIpc) is 2.39. The minimum Gasteiger partial charge on any atom is -0.372 e. The van der Waals surface area contributed by atoms with Gasteiger partial charge < -0.3 is 9.64 Å². The number of hydrogen-bond donors (Lipinski definition) is 0. The molecule has 0 aliphatic carbocycles. The van der Waals surface area contributed by atoms with Crippen LogP contribution in [0.2, 0.25) is 0 Å². The summed E-state index contributed by atoms with van der Waals surface area (Å²) in [5, 5.41) is 8.66. The van der Waals surface area contributed by atoms with Crippen LogP contribution in [-0.2, 0) is 9.53 Å². The van der Waals surface area contributed by atoms with Gasteiger partial charge in [-0.1, -0.05) is 17.7 Å². The Bertz CT molecular complexity index is 434. The maximum Gasteiger partial charge on any atom is 0.255 e. The highest BCUT2D eigenvalue weighted by molar-refractivity contribution is 5.96. The smallest absolute Gasteiger partial charge is 0.255 e. The Morgan fingerprint density at radius 3 is 2.56 bits per heavy atom. The van der Waals surface area contributed by atoms with Crippen LogP contribution in [0.1, 0.15) is 18.9 Å². The van der Waals surface area contributed by atoms with Crippen molar-refractivity contribution in [3.05, 3.63) is 29.8 Å². The largest absolute Gasteiger partial charge is 0.372 e. The number of nitrogens with zero attached hydrogens (tertiary/aromatic N) is 2. The van der Waals surface area contributed by atoms with E-state index in [0.29, 0.717) is 13.0 Å². The molecule has 4 nitrogen and oxygen atoms in total. The fourth-order valence-electron chi connectivity index (χ4n) is 1.57. The molecule has 0 saturated carbocycles. The second kappa shape index (κ2) is 6.77. The molecule has 1 aromatic rings. The average molecular weight is 246 g/mol. The predicted molar refractivity (Wildman–Crippen MR) is 70.2 cm³/mol. The fourth-order valence-corrected chi connectivity index (χ4v) is 1.57. The molecule has 0 spiro atoms. The van der Waals surface area contributed by atoms with Gasteiger partial charge in [0.1, 0.15) is 6.10 Å². The van der Waals surface area contributed by atoms with E-state index in [1.165, 1.54) is 7.11 Å². The van der Waals surface area contributed by atoms with Crippen molar-refractivity contribution in [1.29, 1.82) is 5.26 Å². The van der Waals surface area contributed by atoms with Crippen LogP contribution in [0.3, 0.4) is 0 Å². The molecule has 1 aromatic carbocycles. The van der Waals surface area contributed by atoms with Crippen LogP contribution in [0.25, 0.3) is 0 Å². The summed E-state index contributed by atoms with van der Waals surface area (Å²) in [6, 6.07) is 9.71. The molecule has 1 rings (SSSR count). The van der Waals surface area contributed by atoms with E-state index in [-0.39, 0.29) is 5.91 Å². The van der Waals surface area contributed by atoms with Crippen molar-refractivity contribution in [2.24, 2.45) is 0 Å². The van der Waals surface area contributed by atoms with Gasteiger partial charge in [-0.25, -0.2) is 0 Å². The molecule has 0 heterocycles. The van der Waals surface area contributed by atoms with E-state index in [9.17, 15) is 4.79 Å². The SMILES string of the molecule is CO[C@@H](C)C(=O)N(CCC#N)c1ccc(C)cc1. The van der Waals surface area contributed by atoms with Crippen molar-refractivity contribution in [1.82, 2.24) is 0 Å². The second-order valence-corrected chi connectivity index (χ2v) is 4.11. The number of nitriles is 1. The number of hydrogen-bond acceptors (Lipinski definition) is 3. The van der Waals surface area contributed by atoms with Gasteiger partial charge in [-0.05, 0) is 26.0 Å². The molecule has 0 bridgehead atoms. The molecule has 0 aromatic heterocycles. The lowest BCUT2D eigenvalue weighted by atomic mass is 10.2. The summed E-state index contributed by atoms with van der Waals surface area (Å²) < 4.78 is 5.04. The van der Waals surface area contributed by atoms with E-state index in [1.54, 1.807) is 11.8 Å². The number of methoxy groups -OCH3 is 1. The number of rotatable bonds is 5.